The summed E-state index contributed by atoms with van der Waals surface area (Å²) < 4.78 is 2.73. The molecule has 0 spiro atoms. The van der Waals surface area contributed by atoms with Gasteiger partial charge >= 0.3 is 0 Å². The lowest BCUT2D eigenvalue weighted by Crippen LogP contribution is -2.17. The van der Waals surface area contributed by atoms with Gasteiger partial charge in [-0.25, -0.2) is 0 Å². The second-order valence-corrected chi connectivity index (χ2v) is 5.76. The van der Waals surface area contributed by atoms with E-state index in [4.69, 9.17) is 5.73 Å². The maximum Gasteiger partial charge on any atom is 0.276 e. The zero-order valence-electron chi connectivity index (χ0n) is 11.9. The number of carbonyl (C=O) groups excluding carboxylic acids is 1. The summed E-state index contributed by atoms with van der Waals surface area (Å²) in [6.45, 7) is 1.96. The van der Waals surface area contributed by atoms with Crippen molar-refractivity contribution in [3.8, 4) is 0 Å². The summed E-state index contributed by atoms with van der Waals surface area (Å²) in [5.74, 6) is -0.239. The van der Waals surface area contributed by atoms with E-state index < -0.39 is 0 Å². The van der Waals surface area contributed by atoms with Crippen molar-refractivity contribution in [1.82, 2.24) is 9.78 Å². The van der Waals surface area contributed by atoms with Gasteiger partial charge in [-0.2, -0.15) is 5.10 Å². The Hall–Kier alpha value is -2.34. The molecule has 0 unspecified atom stereocenters. The van der Waals surface area contributed by atoms with Gasteiger partial charge in [-0.1, -0.05) is 6.92 Å². The van der Waals surface area contributed by atoms with Gasteiger partial charge in [-0.05, 0) is 41.5 Å². The molecule has 0 radical (unpaired) electrons. The molecule has 6 heteroatoms. The third-order valence-corrected chi connectivity index (χ3v) is 4.32. The Morgan fingerprint density at radius 2 is 2.24 bits per heavy atom. The van der Waals surface area contributed by atoms with Gasteiger partial charge in [0.05, 0.1) is 11.4 Å². The van der Waals surface area contributed by atoms with Crippen LogP contribution < -0.4 is 11.1 Å². The minimum Gasteiger partial charge on any atom is -0.395 e. The average molecular weight is 300 g/mol. The third-order valence-electron chi connectivity index (χ3n) is 3.42. The molecule has 3 aromatic rings. The molecule has 0 aliphatic carbocycles. The van der Waals surface area contributed by atoms with Crippen LogP contribution >= 0.6 is 11.3 Å². The van der Waals surface area contributed by atoms with Gasteiger partial charge in [0.15, 0.2) is 0 Å². The largest absolute Gasteiger partial charge is 0.395 e. The third kappa shape index (κ3) is 2.38. The van der Waals surface area contributed by atoms with Crippen molar-refractivity contribution in [1.29, 1.82) is 0 Å². The number of hydrogen-bond acceptors (Lipinski definition) is 4. The lowest BCUT2D eigenvalue weighted by molar-refractivity contribution is 0.101. The minimum atomic E-state index is -0.239. The van der Waals surface area contributed by atoms with Crippen LogP contribution in [0.5, 0.6) is 0 Å². The summed E-state index contributed by atoms with van der Waals surface area (Å²) in [7, 11) is 1.73. The molecular formula is C15H16N4OS. The predicted molar refractivity (Wildman–Crippen MR) is 86.8 cm³/mol. The lowest BCUT2D eigenvalue weighted by atomic mass is 10.2. The number of aromatic nitrogens is 2. The Balaban J connectivity index is 1.90. The molecule has 3 rings (SSSR count). The average Bonchev–Trinajstić information content (AvgIpc) is 3.02. The molecule has 3 N–H and O–H groups in total. The molecule has 108 valence electrons. The van der Waals surface area contributed by atoms with E-state index in [1.807, 2.05) is 36.6 Å². The van der Waals surface area contributed by atoms with Crippen LogP contribution in [-0.2, 0) is 13.5 Å². The SMILES string of the molecule is CCc1nn(C)c(C(=O)Nc2ccc3sccc3c2)c1N. The molecule has 21 heavy (non-hydrogen) atoms. The smallest absolute Gasteiger partial charge is 0.276 e. The van der Waals surface area contributed by atoms with Gasteiger partial charge in [-0.3, -0.25) is 9.48 Å². The topological polar surface area (TPSA) is 72.9 Å². The maximum absolute atomic E-state index is 12.4. The monoisotopic (exact) mass is 300 g/mol. The van der Waals surface area contributed by atoms with Gasteiger partial charge in [-0.15, -0.1) is 11.3 Å². The van der Waals surface area contributed by atoms with Gasteiger partial charge in [0.2, 0.25) is 0 Å². The first-order valence-electron chi connectivity index (χ1n) is 6.70. The number of aryl methyl sites for hydroxylation is 2. The highest BCUT2D eigenvalue weighted by atomic mass is 32.1. The number of benzene rings is 1. The number of nitrogen functional groups attached to an aromatic ring is 1. The molecular weight excluding hydrogens is 284 g/mol. The zero-order chi connectivity index (χ0) is 15.0. The zero-order valence-corrected chi connectivity index (χ0v) is 12.7. The van der Waals surface area contributed by atoms with Crippen molar-refractivity contribution in [3.63, 3.8) is 0 Å². The van der Waals surface area contributed by atoms with E-state index in [1.165, 1.54) is 9.38 Å². The molecule has 0 aliphatic rings. The number of nitrogens with two attached hydrogens (primary N) is 1. The number of anilines is 2. The summed E-state index contributed by atoms with van der Waals surface area (Å²) in [6.07, 6.45) is 0.702. The standard InChI is InChI=1S/C15H16N4OS/c1-3-11-13(16)14(19(2)18-11)15(20)17-10-4-5-12-9(8-10)6-7-21-12/h4-8H,3,16H2,1-2H3,(H,17,20). The van der Waals surface area contributed by atoms with Crippen LogP contribution in [0.25, 0.3) is 10.1 Å². The number of nitrogens with one attached hydrogen (secondary N) is 1. The quantitative estimate of drug-likeness (QED) is 0.781. The lowest BCUT2D eigenvalue weighted by Gasteiger charge is -2.06. The van der Waals surface area contributed by atoms with E-state index in [9.17, 15) is 4.79 Å². The molecule has 0 bridgehead atoms. The molecule has 0 fully saturated rings. The molecule has 0 atom stereocenters. The molecule has 0 saturated heterocycles. The summed E-state index contributed by atoms with van der Waals surface area (Å²) in [5, 5.41) is 10.3. The minimum absolute atomic E-state index is 0.239. The summed E-state index contributed by atoms with van der Waals surface area (Å²) in [4.78, 5) is 12.4. The van der Waals surface area contributed by atoms with Crippen LogP contribution in [-0.4, -0.2) is 15.7 Å². The van der Waals surface area contributed by atoms with Gasteiger partial charge in [0.25, 0.3) is 5.91 Å². The number of rotatable bonds is 3. The number of amides is 1. The fraction of sp³-hybridized carbons (Fsp3) is 0.200. The van der Waals surface area contributed by atoms with E-state index in [-0.39, 0.29) is 5.91 Å². The highest BCUT2D eigenvalue weighted by Gasteiger charge is 2.19. The first kappa shape index (κ1) is 13.6. The van der Waals surface area contributed by atoms with Crippen molar-refractivity contribution in [2.24, 2.45) is 7.05 Å². The van der Waals surface area contributed by atoms with Crippen molar-refractivity contribution >= 4 is 38.7 Å². The normalized spacial score (nSPS) is 11.0. The first-order chi connectivity index (χ1) is 10.1. The fourth-order valence-corrected chi connectivity index (χ4v) is 3.13. The molecule has 5 nitrogen and oxygen atoms in total. The van der Waals surface area contributed by atoms with Gasteiger partial charge in [0, 0.05) is 17.4 Å². The molecule has 1 aromatic carbocycles. The van der Waals surface area contributed by atoms with Crippen molar-refractivity contribution in [3.05, 3.63) is 41.0 Å². The second-order valence-electron chi connectivity index (χ2n) is 4.81. The van der Waals surface area contributed by atoms with E-state index >= 15 is 0 Å². The molecule has 2 heterocycles. The van der Waals surface area contributed by atoms with Gasteiger partial charge < -0.3 is 11.1 Å². The number of thiophene rings is 1. The van der Waals surface area contributed by atoms with Crippen LogP contribution in [0.3, 0.4) is 0 Å². The Morgan fingerprint density at radius 3 is 2.95 bits per heavy atom. The van der Waals surface area contributed by atoms with Gasteiger partial charge in [0.1, 0.15) is 5.69 Å². The van der Waals surface area contributed by atoms with Crippen molar-refractivity contribution < 1.29 is 4.79 Å². The summed E-state index contributed by atoms with van der Waals surface area (Å²) >= 11 is 1.68. The van der Waals surface area contributed by atoms with Crippen molar-refractivity contribution in [2.45, 2.75) is 13.3 Å². The van der Waals surface area contributed by atoms with E-state index in [0.29, 0.717) is 17.8 Å². The summed E-state index contributed by atoms with van der Waals surface area (Å²) in [6, 6.07) is 7.88. The molecule has 1 amide bonds. The van der Waals surface area contributed by atoms with E-state index in [1.54, 1.807) is 18.4 Å². The van der Waals surface area contributed by atoms with Crippen LogP contribution in [0.4, 0.5) is 11.4 Å². The number of carbonyl (C=O) groups is 1. The highest BCUT2D eigenvalue weighted by Crippen LogP contribution is 2.25. The Kier molecular flexibility index (Phi) is 3.39. The maximum atomic E-state index is 12.4. The highest BCUT2D eigenvalue weighted by molar-refractivity contribution is 7.17. The Morgan fingerprint density at radius 1 is 1.43 bits per heavy atom. The predicted octanol–water partition coefficient (Wildman–Crippen LogP) is 3.03. The van der Waals surface area contributed by atoms with E-state index in [0.717, 1.165) is 16.8 Å². The van der Waals surface area contributed by atoms with E-state index in [2.05, 4.69) is 10.4 Å². The van der Waals surface area contributed by atoms with Crippen LogP contribution in [0, 0.1) is 0 Å². The fourth-order valence-electron chi connectivity index (χ4n) is 2.36. The molecule has 0 aliphatic heterocycles. The second kappa shape index (κ2) is 5.21. The van der Waals surface area contributed by atoms with Crippen molar-refractivity contribution in [2.75, 3.05) is 11.1 Å². The number of fused-ring (bicyclic) bond motifs is 1. The molecule has 2 aromatic heterocycles. The molecule has 0 saturated carbocycles. The van der Waals surface area contributed by atoms with Crippen LogP contribution in [0.1, 0.15) is 23.1 Å². The van der Waals surface area contributed by atoms with Crippen LogP contribution in [0.15, 0.2) is 29.6 Å². The Bertz CT molecular complexity index is 818. The number of nitrogens with zero attached hydrogens (tertiary/aromatic N) is 2. The Labute approximate surface area is 126 Å². The first-order valence-corrected chi connectivity index (χ1v) is 7.58. The number of hydrogen-bond donors (Lipinski definition) is 2. The summed E-state index contributed by atoms with van der Waals surface area (Å²) in [5.41, 5.74) is 8.35. The van der Waals surface area contributed by atoms with Crippen LogP contribution in [0.2, 0.25) is 0 Å².